The van der Waals surface area contributed by atoms with Crippen molar-refractivity contribution in [1.82, 2.24) is 10.2 Å². The maximum atomic E-state index is 14.2. The Morgan fingerprint density at radius 1 is 0.829 bits per heavy atom. The highest BCUT2D eigenvalue weighted by Gasteiger charge is 2.34. The van der Waals surface area contributed by atoms with Crippen LogP contribution in [0.25, 0.3) is 0 Å². The minimum Gasteiger partial charge on any atom is -0.357 e. The molecule has 2 amide bonds. The summed E-state index contributed by atoms with van der Waals surface area (Å²) in [6, 6.07) is 30.4. The second kappa shape index (κ2) is 13.5. The van der Waals surface area contributed by atoms with Gasteiger partial charge in [-0.1, -0.05) is 96.0 Å². The highest BCUT2D eigenvalue weighted by Crippen LogP contribution is 2.26. The molecule has 0 bridgehead atoms. The van der Waals surface area contributed by atoms with Crippen LogP contribution in [0.15, 0.2) is 114 Å². The highest BCUT2D eigenvalue weighted by atomic mass is 35.5. The number of carbonyl (C=O) groups is 2. The first-order chi connectivity index (χ1) is 19.7. The minimum absolute atomic E-state index is 0.0106. The first kappa shape index (κ1) is 29.8. The molecule has 0 radical (unpaired) electrons. The van der Waals surface area contributed by atoms with Crippen molar-refractivity contribution in [2.45, 2.75) is 30.8 Å². The number of para-hydroxylation sites is 1. The number of aryl methyl sites for hydroxylation is 1. The van der Waals surface area contributed by atoms with Gasteiger partial charge in [0.1, 0.15) is 12.6 Å². The average Bonchev–Trinajstić information content (AvgIpc) is 2.99. The summed E-state index contributed by atoms with van der Waals surface area (Å²) in [5.41, 5.74) is 2.73. The van der Waals surface area contributed by atoms with E-state index in [-0.39, 0.29) is 23.8 Å². The van der Waals surface area contributed by atoms with Crippen LogP contribution in [0.3, 0.4) is 0 Å². The van der Waals surface area contributed by atoms with E-state index >= 15 is 0 Å². The SMILES string of the molecule is CNC(=O)C(Cc1ccccc1)N(Cc1ccccc1Cl)C(=O)CN(c1ccccc1)S(=O)(=O)c1ccc(C)cc1. The van der Waals surface area contributed by atoms with Crippen molar-refractivity contribution >= 4 is 39.1 Å². The lowest BCUT2D eigenvalue weighted by Gasteiger charge is -2.33. The monoisotopic (exact) mass is 589 g/mol. The Bertz CT molecular complexity index is 1580. The molecular weight excluding hydrogens is 558 g/mol. The predicted octanol–water partition coefficient (Wildman–Crippen LogP) is 5.23. The molecule has 0 spiro atoms. The number of sulfonamides is 1. The molecule has 0 heterocycles. The van der Waals surface area contributed by atoms with Gasteiger partial charge in [-0.25, -0.2) is 8.42 Å². The fraction of sp³-hybridized carbons (Fsp3) is 0.188. The summed E-state index contributed by atoms with van der Waals surface area (Å²) in [5.74, 6) is -0.920. The summed E-state index contributed by atoms with van der Waals surface area (Å²) in [6.45, 7) is 1.36. The Morgan fingerprint density at radius 2 is 1.41 bits per heavy atom. The molecule has 0 aromatic heterocycles. The average molecular weight is 590 g/mol. The maximum absolute atomic E-state index is 14.2. The molecule has 4 aromatic rings. The van der Waals surface area contributed by atoms with E-state index in [2.05, 4.69) is 5.32 Å². The van der Waals surface area contributed by atoms with E-state index in [1.165, 1.54) is 24.1 Å². The molecule has 0 aliphatic carbocycles. The first-order valence-electron chi connectivity index (χ1n) is 13.1. The zero-order valence-corrected chi connectivity index (χ0v) is 24.5. The lowest BCUT2D eigenvalue weighted by atomic mass is 10.0. The smallest absolute Gasteiger partial charge is 0.264 e. The van der Waals surface area contributed by atoms with Crippen LogP contribution in [0.4, 0.5) is 5.69 Å². The highest BCUT2D eigenvalue weighted by molar-refractivity contribution is 7.92. The third-order valence-corrected chi connectivity index (χ3v) is 8.90. The fourth-order valence-corrected chi connectivity index (χ4v) is 6.10. The number of nitrogens with zero attached hydrogens (tertiary/aromatic N) is 2. The number of nitrogens with one attached hydrogen (secondary N) is 1. The summed E-state index contributed by atoms with van der Waals surface area (Å²) in [6.07, 6.45) is 0.229. The van der Waals surface area contributed by atoms with Crippen LogP contribution < -0.4 is 9.62 Å². The molecule has 0 aliphatic rings. The van der Waals surface area contributed by atoms with E-state index in [0.29, 0.717) is 16.3 Å². The van der Waals surface area contributed by atoms with Crippen LogP contribution in [0, 0.1) is 6.92 Å². The van der Waals surface area contributed by atoms with Crippen molar-refractivity contribution in [2.75, 3.05) is 17.9 Å². The summed E-state index contributed by atoms with van der Waals surface area (Å²) >= 11 is 6.47. The Labute approximate surface area is 246 Å². The fourth-order valence-electron chi connectivity index (χ4n) is 4.49. The van der Waals surface area contributed by atoms with Gasteiger partial charge >= 0.3 is 0 Å². The number of anilines is 1. The van der Waals surface area contributed by atoms with Crippen LogP contribution in [0.1, 0.15) is 16.7 Å². The lowest BCUT2D eigenvalue weighted by molar-refractivity contribution is -0.139. The number of amides is 2. The lowest BCUT2D eigenvalue weighted by Crippen LogP contribution is -2.53. The number of hydrogen-bond acceptors (Lipinski definition) is 4. The molecule has 0 aliphatic heterocycles. The second-order valence-electron chi connectivity index (χ2n) is 9.59. The molecule has 4 aromatic carbocycles. The molecule has 41 heavy (non-hydrogen) atoms. The van der Waals surface area contributed by atoms with Crippen LogP contribution in [-0.4, -0.2) is 44.8 Å². The number of halogens is 1. The second-order valence-corrected chi connectivity index (χ2v) is 11.9. The van der Waals surface area contributed by atoms with E-state index in [0.717, 1.165) is 15.4 Å². The Morgan fingerprint density at radius 3 is 2.02 bits per heavy atom. The Hall–Kier alpha value is -4.14. The standard InChI is InChI=1S/C32H32ClN3O4S/c1-24-17-19-28(20-18-24)41(39,40)36(27-14-7-4-8-15-27)23-31(37)35(22-26-13-9-10-16-29(26)33)30(32(38)34-2)21-25-11-5-3-6-12-25/h3-20,30H,21-23H2,1-2H3,(H,34,38). The number of likely N-dealkylation sites (N-methyl/N-ethyl adjacent to an activating group) is 1. The molecule has 1 unspecified atom stereocenters. The molecule has 1 N–H and O–H groups in total. The molecule has 1 atom stereocenters. The zero-order valence-electron chi connectivity index (χ0n) is 22.9. The van der Waals surface area contributed by atoms with Crippen molar-refractivity contribution in [3.63, 3.8) is 0 Å². The van der Waals surface area contributed by atoms with Gasteiger partial charge < -0.3 is 10.2 Å². The van der Waals surface area contributed by atoms with Gasteiger partial charge in [-0.15, -0.1) is 0 Å². The topological polar surface area (TPSA) is 86.8 Å². The van der Waals surface area contributed by atoms with E-state index in [4.69, 9.17) is 11.6 Å². The van der Waals surface area contributed by atoms with Crippen LogP contribution in [0.2, 0.25) is 5.02 Å². The first-order valence-corrected chi connectivity index (χ1v) is 15.0. The zero-order chi connectivity index (χ0) is 29.4. The normalized spacial score (nSPS) is 11.9. The van der Waals surface area contributed by atoms with Gasteiger partial charge in [-0.05, 0) is 48.4 Å². The third kappa shape index (κ3) is 7.34. The van der Waals surface area contributed by atoms with Gasteiger partial charge in [-0.2, -0.15) is 0 Å². The molecule has 0 fully saturated rings. The van der Waals surface area contributed by atoms with Gasteiger partial charge in [0, 0.05) is 25.0 Å². The summed E-state index contributed by atoms with van der Waals surface area (Å²) in [4.78, 5) is 29.0. The van der Waals surface area contributed by atoms with E-state index in [1.807, 2.05) is 37.3 Å². The predicted molar refractivity (Wildman–Crippen MR) is 162 cm³/mol. The maximum Gasteiger partial charge on any atom is 0.264 e. The van der Waals surface area contributed by atoms with Gasteiger partial charge in [0.15, 0.2) is 0 Å². The summed E-state index contributed by atoms with van der Waals surface area (Å²) in [5, 5.41) is 3.11. The van der Waals surface area contributed by atoms with E-state index < -0.39 is 28.5 Å². The van der Waals surface area contributed by atoms with Crippen molar-refractivity contribution in [3.8, 4) is 0 Å². The summed E-state index contributed by atoms with van der Waals surface area (Å²) < 4.78 is 28.9. The van der Waals surface area contributed by atoms with Crippen molar-refractivity contribution < 1.29 is 18.0 Å². The van der Waals surface area contributed by atoms with Crippen LogP contribution in [0.5, 0.6) is 0 Å². The van der Waals surface area contributed by atoms with Crippen molar-refractivity contribution in [3.05, 3.63) is 131 Å². The Kier molecular flexibility index (Phi) is 9.81. The van der Waals surface area contributed by atoms with Crippen LogP contribution in [-0.2, 0) is 32.6 Å². The number of carbonyl (C=O) groups excluding carboxylic acids is 2. The van der Waals surface area contributed by atoms with Crippen molar-refractivity contribution in [2.24, 2.45) is 0 Å². The van der Waals surface area contributed by atoms with Gasteiger partial charge in [0.05, 0.1) is 10.6 Å². The van der Waals surface area contributed by atoms with Gasteiger partial charge in [0.25, 0.3) is 10.0 Å². The Balaban J connectivity index is 1.78. The van der Waals surface area contributed by atoms with E-state index in [1.54, 1.807) is 66.7 Å². The van der Waals surface area contributed by atoms with E-state index in [9.17, 15) is 18.0 Å². The van der Waals surface area contributed by atoms with Crippen molar-refractivity contribution in [1.29, 1.82) is 0 Å². The molecule has 4 rings (SSSR count). The molecule has 212 valence electrons. The number of hydrogen-bond donors (Lipinski definition) is 1. The molecule has 0 saturated heterocycles. The number of benzene rings is 4. The van der Waals surface area contributed by atoms with Gasteiger partial charge in [0.2, 0.25) is 11.8 Å². The molecule has 7 nitrogen and oxygen atoms in total. The largest absolute Gasteiger partial charge is 0.357 e. The van der Waals surface area contributed by atoms with Crippen LogP contribution >= 0.6 is 11.6 Å². The minimum atomic E-state index is -4.13. The summed E-state index contributed by atoms with van der Waals surface area (Å²) in [7, 11) is -2.62. The third-order valence-electron chi connectivity index (χ3n) is 6.75. The quantitative estimate of drug-likeness (QED) is 0.260. The number of rotatable bonds is 11. The van der Waals surface area contributed by atoms with Gasteiger partial charge in [-0.3, -0.25) is 13.9 Å². The molecule has 9 heteroatoms. The molecule has 0 saturated carbocycles. The molecular formula is C32H32ClN3O4S.